The van der Waals surface area contributed by atoms with E-state index in [1.807, 2.05) is 6.07 Å². The van der Waals surface area contributed by atoms with Gasteiger partial charge in [-0.05, 0) is 35.4 Å². The second-order valence-electron chi connectivity index (χ2n) is 5.68. The molecule has 0 aromatic heterocycles. The van der Waals surface area contributed by atoms with Crippen molar-refractivity contribution in [2.24, 2.45) is 4.99 Å². The van der Waals surface area contributed by atoms with E-state index in [-0.39, 0.29) is 5.56 Å². The Bertz CT molecular complexity index is 1050. The molecule has 4 rings (SSSR count). The number of hydrogen-bond acceptors (Lipinski definition) is 4. The van der Waals surface area contributed by atoms with Crippen molar-refractivity contribution in [1.29, 1.82) is 0 Å². The normalized spacial score (nSPS) is 11.8. The van der Waals surface area contributed by atoms with Gasteiger partial charge in [0.15, 0.2) is 5.75 Å². The van der Waals surface area contributed by atoms with Crippen LogP contribution in [-0.4, -0.2) is 17.3 Å². The maximum Gasteiger partial charge on any atom is 0.275 e. The third-order valence-corrected chi connectivity index (χ3v) is 4.09. The molecule has 0 saturated heterocycles. The van der Waals surface area contributed by atoms with Gasteiger partial charge in [-0.15, -0.1) is 0 Å². The number of amides is 1. The molecule has 0 bridgehead atoms. The van der Waals surface area contributed by atoms with Crippen LogP contribution < -0.4 is 10.2 Å². The highest BCUT2D eigenvalue weighted by Crippen LogP contribution is 2.40. The van der Waals surface area contributed by atoms with Gasteiger partial charge in [-0.25, -0.2) is 9.87 Å². The van der Waals surface area contributed by atoms with Gasteiger partial charge in [-0.3, -0.25) is 15.0 Å². The van der Waals surface area contributed by atoms with Crippen LogP contribution in [0, 0.1) is 5.82 Å². The molecule has 1 aliphatic rings. The monoisotopic (exact) mass is 348 g/mol. The van der Waals surface area contributed by atoms with E-state index in [9.17, 15) is 9.18 Å². The van der Waals surface area contributed by atoms with Crippen LogP contribution in [0.3, 0.4) is 0 Å². The van der Waals surface area contributed by atoms with E-state index in [2.05, 4.69) is 4.99 Å². The van der Waals surface area contributed by atoms with Crippen molar-refractivity contribution in [3.8, 4) is 22.6 Å². The highest BCUT2D eigenvalue weighted by Gasteiger charge is 2.20. The maximum absolute atomic E-state index is 14.3. The Morgan fingerprint density at radius 3 is 2.62 bits per heavy atom. The number of halogens is 1. The summed E-state index contributed by atoms with van der Waals surface area (Å²) in [6, 6.07) is 16.4. The maximum atomic E-state index is 14.3. The van der Waals surface area contributed by atoms with Crippen molar-refractivity contribution < 1.29 is 19.1 Å². The highest BCUT2D eigenvalue weighted by molar-refractivity contribution is 6.04. The average Bonchev–Trinajstić information content (AvgIpc) is 2.85. The second-order valence-corrected chi connectivity index (χ2v) is 5.68. The topological polar surface area (TPSA) is 70.9 Å². The van der Waals surface area contributed by atoms with Crippen molar-refractivity contribution in [2.45, 2.75) is 0 Å². The van der Waals surface area contributed by atoms with Crippen LogP contribution >= 0.6 is 0 Å². The van der Waals surface area contributed by atoms with Crippen molar-refractivity contribution in [1.82, 2.24) is 5.48 Å². The zero-order valence-electron chi connectivity index (χ0n) is 13.4. The Labute approximate surface area is 148 Å². The first-order chi connectivity index (χ1) is 12.7. The first-order valence-electron chi connectivity index (χ1n) is 7.85. The van der Waals surface area contributed by atoms with Gasteiger partial charge in [0, 0.05) is 23.4 Å². The minimum Gasteiger partial charge on any atom is -0.454 e. The summed E-state index contributed by atoms with van der Waals surface area (Å²) in [4.78, 5) is 16.4. The molecule has 1 aliphatic heterocycles. The standard InChI is InChI=1S/C20H13FN2O3/c21-12-9-15(13-5-1-2-6-14(13)20(24)23-25)16-11-22-17-7-3-4-8-18(17)26-19(16)10-12/h1-11,25H,(H,23,24). The fourth-order valence-corrected chi connectivity index (χ4v) is 2.91. The molecule has 0 fully saturated rings. The van der Waals surface area contributed by atoms with E-state index in [1.54, 1.807) is 54.2 Å². The number of hydrogen-bond donors (Lipinski definition) is 2. The third-order valence-electron chi connectivity index (χ3n) is 4.09. The molecule has 6 heteroatoms. The zero-order chi connectivity index (χ0) is 18.1. The summed E-state index contributed by atoms with van der Waals surface area (Å²) in [5, 5.41) is 8.99. The van der Waals surface area contributed by atoms with Gasteiger partial charge < -0.3 is 4.74 Å². The SMILES string of the molecule is O=C(NO)c1ccccc1-c1cc(F)cc2c1C=Nc1ccccc1O2. The zero-order valence-corrected chi connectivity index (χ0v) is 13.4. The molecular weight excluding hydrogens is 335 g/mol. The molecule has 2 N–H and O–H groups in total. The van der Waals surface area contributed by atoms with Gasteiger partial charge in [0.05, 0.1) is 0 Å². The number of ether oxygens (including phenoxy) is 1. The predicted molar refractivity (Wildman–Crippen MR) is 94.9 cm³/mol. The van der Waals surface area contributed by atoms with Gasteiger partial charge in [0.1, 0.15) is 17.3 Å². The lowest BCUT2D eigenvalue weighted by molar-refractivity contribution is 0.0707. The lowest BCUT2D eigenvalue weighted by Gasteiger charge is -2.14. The number of rotatable bonds is 2. The van der Waals surface area contributed by atoms with Crippen LogP contribution in [0.25, 0.3) is 11.1 Å². The summed E-state index contributed by atoms with van der Waals surface area (Å²) in [5.74, 6) is -0.382. The number of aliphatic imine (C=N–C) groups is 1. The van der Waals surface area contributed by atoms with Gasteiger partial charge >= 0.3 is 0 Å². The van der Waals surface area contributed by atoms with Crippen molar-refractivity contribution in [3.63, 3.8) is 0 Å². The van der Waals surface area contributed by atoms with Crippen LogP contribution in [0.15, 0.2) is 65.7 Å². The molecule has 26 heavy (non-hydrogen) atoms. The number of hydroxylamine groups is 1. The fourth-order valence-electron chi connectivity index (χ4n) is 2.91. The Morgan fingerprint density at radius 2 is 1.77 bits per heavy atom. The Hall–Kier alpha value is -3.51. The van der Waals surface area contributed by atoms with E-state index in [4.69, 9.17) is 9.94 Å². The summed E-state index contributed by atoms with van der Waals surface area (Å²) < 4.78 is 20.1. The van der Waals surface area contributed by atoms with E-state index < -0.39 is 11.7 Å². The molecule has 1 amide bonds. The number of nitrogens with one attached hydrogen (secondary N) is 1. The number of benzene rings is 3. The van der Waals surface area contributed by atoms with Gasteiger partial charge in [0.2, 0.25) is 0 Å². The molecule has 5 nitrogen and oxygen atoms in total. The van der Waals surface area contributed by atoms with Crippen molar-refractivity contribution >= 4 is 17.8 Å². The second kappa shape index (κ2) is 6.42. The van der Waals surface area contributed by atoms with Gasteiger partial charge in [-0.1, -0.05) is 30.3 Å². The molecule has 0 saturated carbocycles. The molecule has 3 aromatic rings. The van der Waals surface area contributed by atoms with Gasteiger partial charge in [-0.2, -0.15) is 0 Å². The van der Waals surface area contributed by atoms with Crippen molar-refractivity contribution in [2.75, 3.05) is 0 Å². The molecule has 0 spiro atoms. The van der Waals surface area contributed by atoms with Crippen LogP contribution in [0.5, 0.6) is 11.5 Å². The Balaban J connectivity index is 1.95. The van der Waals surface area contributed by atoms with Crippen molar-refractivity contribution in [3.05, 3.63) is 77.6 Å². The van der Waals surface area contributed by atoms with E-state index in [1.165, 1.54) is 12.1 Å². The minimum atomic E-state index is -0.687. The summed E-state index contributed by atoms with van der Waals surface area (Å²) in [6.45, 7) is 0. The van der Waals surface area contributed by atoms with Crippen LogP contribution in [0.4, 0.5) is 10.1 Å². The smallest absolute Gasteiger partial charge is 0.275 e. The summed E-state index contributed by atoms with van der Waals surface area (Å²) in [7, 11) is 0. The fraction of sp³-hybridized carbons (Fsp3) is 0. The molecule has 0 radical (unpaired) electrons. The molecule has 0 unspecified atom stereocenters. The van der Waals surface area contributed by atoms with E-state index >= 15 is 0 Å². The quantitative estimate of drug-likeness (QED) is 0.415. The number of carbonyl (C=O) groups excluding carboxylic acids is 1. The van der Waals surface area contributed by atoms with Crippen LogP contribution in [-0.2, 0) is 0 Å². The molecule has 3 aromatic carbocycles. The summed E-state index contributed by atoms with van der Waals surface area (Å²) >= 11 is 0. The third kappa shape index (κ3) is 2.72. The number of fused-ring (bicyclic) bond motifs is 2. The minimum absolute atomic E-state index is 0.206. The molecule has 0 atom stereocenters. The van der Waals surface area contributed by atoms with E-state index in [0.29, 0.717) is 33.9 Å². The first kappa shape index (κ1) is 16.0. The Morgan fingerprint density at radius 1 is 1.00 bits per heavy atom. The molecular formula is C20H13FN2O3. The largest absolute Gasteiger partial charge is 0.454 e. The number of para-hydroxylation sites is 2. The van der Waals surface area contributed by atoms with E-state index in [0.717, 1.165) is 0 Å². The first-order valence-corrected chi connectivity index (χ1v) is 7.85. The summed E-state index contributed by atoms with van der Waals surface area (Å²) in [5.41, 5.74) is 3.88. The lowest BCUT2D eigenvalue weighted by Crippen LogP contribution is -2.19. The van der Waals surface area contributed by atoms with Crippen LogP contribution in [0.2, 0.25) is 0 Å². The average molecular weight is 348 g/mol. The number of nitrogens with zero attached hydrogens (tertiary/aromatic N) is 1. The summed E-state index contributed by atoms with van der Waals surface area (Å²) in [6.07, 6.45) is 1.59. The molecule has 128 valence electrons. The highest BCUT2D eigenvalue weighted by atomic mass is 19.1. The number of carbonyl (C=O) groups is 1. The molecule has 0 aliphatic carbocycles. The lowest BCUT2D eigenvalue weighted by atomic mass is 9.94. The Kier molecular flexibility index (Phi) is 3.95. The predicted octanol–water partition coefficient (Wildman–Crippen LogP) is 4.47. The molecule has 1 heterocycles. The van der Waals surface area contributed by atoms with Crippen LogP contribution in [0.1, 0.15) is 15.9 Å². The van der Waals surface area contributed by atoms with Gasteiger partial charge in [0.25, 0.3) is 5.91 Å².